The lowest BCUT2D eigenvalue weighted by Crippen LogP contribution is -2.20. The van der Waals surface area contributed by atoms with E-state index >= 15 is 0 Å². The zero-order chi connectivity index (χ0) is 12.8. The minimum atomic E-state index is -0.283. The van der Waals surface area contributed by atoms with E-state index in [9.17, 15) is 9.59 Å². The number of hydrogen-bond acceptors (Lipinski definition) is 4. The van der Waals surface area contributed by atoms with Crippen LogP contribution in [0, 0.1) is 6.92 Å². The van der Waals surface area contributed by atoms with Crippen molar-refractivity contribution >= 4 is 5.97 Å². The smallest absolute Gasteiger partial charge is 0.306 e. The molecule has 1 aromatic rings. The van der Waals surface area contributed by atoms with Crippen molar-refractivity contribution in [3.8, 4) is 0 Å². The molecule has 5 heteroatoms. The van der Waals surface area contributed by atoms with Crippen LogP contribution in [0.2, 0.25) is 0 Å². The predicted octanol–water partition coefficient (Wildman–Crippen LogP) is 1.14. The van der Waals surface area contributed by atoms with E-state index in [2.05, 4.69) is 9.97 Å². The molecular weight excluding hydrogens is 220 g/mol. The number of hydrogen-bond donors (Lipinski definition) is 1. The van der Waals surface area contributed by atoms with Crippen molar-refractivity contribution in [2.75, 3.05) is 6.61 Å². The zero-order valence-corrected chi connectivity index (χ0v) is 10.5. The largest absolute Gasteiger partial charge is 0.466 e. The first-order valence-corrected chi connectivity index (χ1v) is 5.82. The lowest BCUT2D eigenvalue weighted by Gasteiger charge is -2.06. The van der Waals surface area contributed by atoms with Gasteiger partial charge in [0.2, 0.25) is 0 Å². The molecule has 0 saturated heterocycles. The average molecular weight is 238 g/mol. The highest BCUT2D eigenvalue weighted by molar-refractivity contribution is 5.69. The van der Waals surface area contributed by atoms with Crippen LogP contribution in [0.4, 0.5) is 0 Å². The standard InChI is InChI=1S/C12H18N2O3/c1-4-10-9(6-7-11(15)17-5-2)12(16)14-8(3)13-10/h4-7H2,1-3H3,(H,13,14,16). The van der Waals surface area contributed by atoms with Crippen molar-refractivity contribution in [2.24, 2.45) is 0 Å². The average Bonchev–Trinajstić information content (AvgIpc) is 2.27. The Morgan fingerprint density at radius 1 is 1.41 bits per heavy atom. The second kappa shape index (κ2) is 6.18. The topological polar surface area (TPSA) is 72.0 Å². The molecule has 0 radical (unpaired) electrons. The summed E-state index contributed by atoms with van der Waals surface area (Å²) in [6.45, 7) is 5.81. The van der Waals surface area contributed by atoms with Crippen molar-refractivity contribution in [3.63, 3.8) is 0 Å². The highest BCUT2D eigenvalue weighted by Crippen LogP contribution is 2.05. The number of aromatic amines is 1. The van der Waals surface area contributed by atoms with Gasteiger partial charge in [0.25, 0.3) is 5.56 Å². The number of aryl methyl sites for hydroxylation is 2. The monoisotopic (exact) mass is 238 g/mol. The van der Waals surface area contributed by atoms with Gasteiger partial charge >= 0.3 is 5.97 Å². The van der Waals surface area contributed by atoms with Gasteiger partial charge < -0.3 is 9.72 Å². The molecule has 0 bridgehead atoms. The summed E-state index contributed by atoms with van der Waals surface area (Å²) in [6, 6.07) is 0. The van der Waals surface area contributed by atoms with Crippen LogP contribution >= 0.6 is 0 Å². The summed E-state index contributed by atoms with van der Waals surface area (Å²) in [5.41, 5.74) is 1.19. The first-order valence-electron chi connectivity index (χ1n) is 5.82. The summed E-state index contributed by atoms with van der Waals surface area (Å²) in [6.07, 6.45) is 1.28. The maximum Gasteiger partial charge on any atom is 0.306 e. The molecule has 1 aromatic heterocycles. The molecule has 1 rings (SSSR count). The molecule has 0 aliphatic rings. The minimum Gasteiger partial charge on any atom is -0.466 e. The molecule has 0 aliphatic heterocycles. The van der Waals surface area contributed by atoms with Crippen LogP contribution in [0.15, 0.2) is 4.79 Å². The number of aromatic nitrogens is 2. The van der Waals surface area contributed by atoms with Crippen molar-refractivity contribution in [1.82, 2.24) is 9.97 Å². The van der Waals surface area contributed by atoms with Gasteiger partial charge in [-0.25, -0.2) is 4.98 Å². The molecule has 17 heavy (non-hydrogen) atoms. The minimum absolute atomic E-state index is 0.154. The Labute approximate surface area is 100 Å². The first-order chi connectivity index (χ1) is 8.08. The van der Waals surface area contributed by atoms with E-state index in [1.54, 1.807) is 13.8 Å². The molecule has 0 unspecified atom stereocenters. The van der Waals surface area contributed by atoms with E-state index in [1.807, 2.05) is 6.92 Å². The summed E-state index contributed by atoms with van der Waals surface area (Å²) >= 11 is 0. The second-order valence-corrected chi connectivity index (χ2v) is 3.74. The summed E-state index contributed by atoms with van der Waals surface area (Å²) in [5.74, 6) is 0.321. The van der Waals surface area contributed by atoms with E-state index in [1.165, 1.54) is 0 Å². The van der Waals surface area contributed by atoms with E-state index < -0.39 is 0 Å². The van der Waals surface area contributed by atoms with E-state index in [-0.39, 0.29) is 17.9 Å². The Bertz CT molecular complexity index is 452. The highest BCUT2D eigenvalue weighted by Gasteiger charge is 2.11. The maximum atomic E-state index is 11.7. The van der Waals surface area contributed by atoms with Gasteiger partial charge in [-0.15, -0.1) is 0 Å². The highest BCUT2D eigenvalue weighted by atomic mass is 16.5. The number of nitrogens with one attached hydrogen (secondary N) is 1. The Morgan fingerprint density at radius 3 is 2.71 bits per heavy atom. The van der Waals surface area contributed by atoms with Gasteiger partial charge in [-0.05, 0) is 26.7 Å². The van der Waals surface area contributed by atoms with Crippen molar-refractivity contribution in [3.05, 3.63) is 27.4 Å². The van der Waals surface area contributed by atoms with E-state index in [0.29, 0.717) is 30.8 Å². The fraction of sp³-hybridized carbons (Fsp3) is 0.583. The summed E-state index contributed by atoms with van der Waals surface area (Å²) in [4.78, 5) is 29.9. The third kappa shape index (κ3) is 3.69. The predicted molar refractivity (Wildman–Crippen MR) is 63.9 cm³/mol. The molecular formula is C12H18N2O3. The molecule has 0 aromatic carbocycles. The fourth-order valence-electron chi connectivity index (χ4n) is 1.68. The fourth-order valence-corrected chi connectivity index (χ4v) is 1.68. The summed E-state index contributed by atoms with van der Waals surface area (Å²) in [5, 5.41) is 0. The normalized spacial score (nSPS) is 10.3. The van der Waals surface area contributed by atoms with Gasteiger partial charge in [0, 0.05) is 12.0 Å². The molecule has 5 nitrogen and oxygen atoms in total. The number of nitrogens with zero attached hydrogens (tertiary/aromatic N) is 1. The van der Waals surface area contributed by atoms with E-state index in [0.717, 1.165) is 5.69 Å². The van der Waals surface area contributed by atoms with Crippen LogP contribution in [0.5, 0.6) is 0 Å². The van der Waals surface area contributed by atoms with Gasteiger partial charge in [-0.2, -0.15) is 0 Å². The summed E-state index contributed by atoms with van der Waals surface area (Å²) in [7, 11) is 0. The van der Waals surface area contributed by atoms with E-state index in [4.69, 9.17) is 4.74 Å². The van der Waals surface area contributed by atoms with Gasteiger partial charge in [-0.3, -0.25) is 9.59 Å². The number of carbonyl (C=O) groups excluding carboxylic acids is 1. The Morgan fingerprint density at radius 2 is 2.12 bits per heavy atom. The lowest BCUT2D eigenvalue weighted by atomic mass is 10.1. The number of esters is 1. The van der Waals surface area contributed by atoms with Crippen LogP contribution in [0.3, 0.4) is 0 Å². The SMILES string of the molecule is CCOC(=O)CCc1c(CC)nc(C)[nH]c1=O. The molecule has 1 N–H and O–H groups in total. The first kappa shape index (κ1) is 13.4. The summed E-state index contributed by atoms with van der Waals surface area (Å²) < 4.78 is 4.83. The number of H-pyrrole nitrogens is 1. The van der Waals surface area contributed by atoms with Crippen molar-refractivity contribution in [2.45, 2.75) is 40.0 Å². The van der Waals surface area contributed by atoms with Gasteiger partial charge in [0.15, 0.2) is 0 Å². The molecule has 0 atom stereocenters. The van der Waals surface area contributed by atoms with Crippen LogP contribution in [0.1, 0.15) is 37.4 Å². The van der Waals surface area contributed by atoms with Crippen LogP contribution < -0.4 is 5.56 Å². The van der Waals surface area contributed by atoms with Crippen LogP contribution in [-0.2, 0) is 22.4 Å². The van der Waals surface area contributed by atoms with Crippen molar-refractivity contribution in [1.29, 1.82) is 0 Å². The third-order valence-corrected chi connectivity index (χ3v) is 2.44. The Hall–Kier alpha value is -1.65. The van der Waals surface area contributed by atoms with Crippen LogP contribution in [-0.4, -0.2) is 22.5 Å². The second-order valence-electron chi connectivity index (χ2n) is 3.74. The molecule has 94 valence electrons. The Balaban J connectivity index is 2.83. The van der Waals surface area contributed by atoms with Gasteiger partial charge in [0.05, 0.1) is 12.3 Å². The molecule has 0 fully saturated rings. The molecule has 0 saturated carbocycles. The maximum absolute atomic E-state index is 11.7. The molecule has 1 heterocycles. The number of carbonyl (C=O) groups is 1. The zero-order valence-electron chi connectivity index (χ0n) is 10.5. The van der Waals surface area contributed by atoms with Crippen LogP contribution in [0.25, 0.3) is 0 Å². The molecule has 0 aliphatic carbocycles. The van der Waals surface area contributed by atoms with Gasteiger partial charge in [0.1, 0.15) is 5.82 Å². The Kier molecular flexibility index (Phi) is 4.87. The lowest BCUT2D eigenvalue weighted by molar-refractivity contribution is -0.143. The van der Waals surface area contributed by atoms with Crippen molar-refractivity contribution < 1.29 is 9.53 Å². The third-order valence-electron chi connectivity index (χ3n) is 2.44. The number of ether oxygens (including phenoxy) is 1. The molecule has 0 spiro atoms. The quantitative estimate of drug-likeness (QED) is 0.781. The molecule has 0 amide bonds. The van der Waals surface area contributed by atoms with Gasteiger partial charge in [-0.1, -0.05) is 6.92 Å². The number of rotatable bonds is 5.